The van der Waals surface area contributed by atoms with E-state index in [1.807, 2.05) is 38.1 Å². The summed E-state index contributed by atoms with van der Waals surface area (Å²) in [5, 5.41) is 1.67. The standard InChI is InChI=1S/C12H11Cl2NO/c1-7(2)16-11-10(13)8-5-3-4-6-9(8)15-12(11)14/h3-7H,1-2H3. The first-order chi connectivity index (χ1) is 7.59. The molecule has 0 aliphatic heterocycles. The van der Waals surface area contributed by atoms with Crippen LogP contribution in [0.25, 0.3) is 10.9 Å². The first-order valence-corrected chi connectivity index (χ1v) is 5.75. The Balaban J connectivity index is 2.65. The average Bonchev–Trinajstić information content (AvgIpc) is 2.24. The van der Waals surface area contributed by atoms with E-state index in [1.54, 1.807) is 0 Å². The largest absolute Gasteiger partial charge is 0.486 e. The minimum absolute atomic E-state index is 0.0120. The summed E-state index contributed by atoms with van der Waals surface area (Å²) in [6.45, 7) is 3.84. The zero-order valence-corrected chi connectivity index (χ0v) is 10.5. The van der Waals surface area contributed by atoms with Gasteiger partial charge in [-0.15, -0.1) is 0 Å². The third kappa shape index (κ3) is 2.08. The lowest BCUT2D eigenvalue weighted by atomic mass is 10.2. The highest BCUT2D eigenvalue weighted by Gasteiger charge is 2.14. The molecule has 0 radical (unpaired) electrons. The summed E-state index contributed by atoms with van der Waals surface area (Å²) in [5.74, 6) is 0.456. The van der Waals surface area contributed by atoms with Crippen molar-refractivity contribution in [1.29, 1.82) is 0 Å². The van der Waals surface area contributed by atoms with Crippen LogP contribution < -0.4 is 4.74 Å². The number of benzene rings is 1. The number of halogens is 2. The van der Waals surface area contributed by atoms with Crippen LogP contribution in [0.1, 0.15) is 13.8 Å². The van der Waals surface area contributed by atoms with Crippen molar-refractivity contribution in [2.75, 3.05) is 0 Å². The van der Waals surface area contributed by atoms with Gasteiger partial charge in [0.05, 0.1) is 16.6 Å². The molecule has 0 atom stereocenters. The van der Waals surface area contributed by atoms with Crippen LogP contribution in [0, 0.1) is 0 Å². The molecule has 2 aromatic rings. The highest BCUT2D eigenvalue weighted by molar-refractivity contribution is 6.40. The van der Waals surface area contributed by atoms with Crippen molar-refractivity contribution < 1.29 is 4.74 Å². The Morgan fingerprint density at radius 1 is 1.19 bits per heavy atom. The van der Waals surface area contributed by atoms with Crippen LogP contribution in [-0.2, 0) is 0 Å². The van der Waals surface area contributed by atoms with Crippen LogP contribution in [0.15, 0.2) is 24.3 Å². The van der Waals surface area contributed by atoms with E-state index in [2.05, 4.69) is 4.98 Å². The van der Waals surface area contributed by atoms with Gasteiger partial charge < -0.3 is 4.74 Å². The molecule has 0 bridgehead atoms. The number of para-hydroxylation sites is 1. The highest BCUT2D eigenvalue weighted by Crippen LogP contribution is 2.37. The van der Waals surface area contributed by atoms with Gasteiger partial charge >= 0.3 is 0 Å². The van der Waals surface area contributed by atoms with Gasteiger partial charge in [-0.3, -0.25) is 0 Å². The van der Waals surface area contributed by atoms with E-state index in [0.717, 1.165) is 10.9 Å². The molecular formula is C12H11Cl2NO. The summed E-state index contributed by atoms with van der Waals surface area (Å²) in [6.07, 6.45) is 0.0120. The summed E-state index contributed by atoms with van der Waals surface area (Å²) in [6, 6.07) is 7.56. The molecule has 0 fully saturated rings. The molecule has 1 aromatic carbocycles. The van der Waals surface area contributed by atoms with Crippen LogP contribution in [0.5, 0.6) is 5.75 Å². The molecule has 1 heterocycles. The maximum Gasteiger partial charge on any atom is 0.176 e. The Hall–Kier alpha value is -0.990. The van der Waals surface area contributed by atoms with Crippen molar-refractivity contribution in [3.8, 4) is 5.75 Å². The van der Waals surface area contributed by atoms with Gasteiger partial charge in [0.2, 0.25) is 0 Å². The van der Waals surface area contributed by atoms with Crippen LogP contribution >= 0.6 is 23.2 Å². The van der Waals surface area contributed by atoms with E-state index in [0.29, 0.717) is 15.9 Å². The van der Waals surface area contributed by atoms with Gasteiger partial charge in [0.15, 0.2) is 10.9 Å². The molecule has 0 amide bonds. The minimum atomic E-state index is 0.0120. The molecule has 0 aliphatic carbocycles. The van der Waals surface area contributed by atoms with Gasteiger partial charge in [-0.1, -0.05) is 41.4 Å². The fourth-order valence-corrected chi connectivity index (χ4v) is 2.03. The molecule has 2 nitrogen and oxygen atoms in total. The number of fused-ring (bicyclic) bond motifs is 1. The van der Waals surface area contributed by atoms with Crippen LogP contribution in [0.2, 0.25) is 10.2 Å². The first kappa shape index (κ1) is 11.5. The number of pyridine rings is 1. The van der Waals surface area contributed by atoms with Crippen LogP contribution in [-0.4, -0.2) is 11.1 Å². The Kier molecular flexibility index (Phi) is 3.22. The molecule has 1 aromatic heterocycles. The summed E-state index contributed by atoms with van der Waals surface area (Å²) < 4.78 is 5.56. The molecule has 0 spiro atoms. The molecule has 16 heavy (non-hydrogen) atoms. The molecule has 0 saturated carbocycles. The normalized spacial score (nSPS) is 11.1. The molecule has 4 heteroatoms. The lowest BCUT2D eigenvalue weighted by molar-refractivity contribution is 0.242. The monoisotopic (exact) mass is 255 g/mol. The topological polar surface area (TPSA) is 22.1 Å². The van der Waals surface area contributed by atoms with Gasteiger partial charge in [0.1, 0.15) is 0 Å². The maximum atomic E-state index is 6.24. The second-order valence-corrected chi connectivity index (χ2v) is 4.47. The smallest absolute Gasteiger partial charge is 0.176 e. The number of rotatable bonds is 2. The summed E-state index contributed by atoms with van der Waals surface area (Å²) in [7, 11) is 0. The van der Waals surface area contributed by atoms with Gasteiger partial charge in [0, 0.05) is 5.39 Å². The van der Waals surface area contributed by atoms with Gasteiger partial charge in [0.25, 0.3) is 0 Å². The number of hydrogen-bond acceptors (Lipinski definition) is 2. The van der Waals surface area contributed by atoms with E-state index >= 15 is 0 Å². The zero-order valence-electron chi connectivity index (χ0n) is 9.00. The second kappa shape index (κ2) is 4.48. The summed E-state index contributed by atoms with van der Waals surface area (Å²) >= 11 is 12.3. The lowest BCUT2D eigenvalue weighted by Gasteiger charge is -2.13. The minimum Gasteiger partial charge on any atom is -0.486 e. The van der Waals surface area contributed by atoms with Gasteiger partial charge in [-0.05, 0) is 19.9 Å². The lowest BCUT2D eigenvalue weighted by Crippen LogP contribution is -2.07. The van der Waals surface area contributed by atoms with Crippen molar-refractivity contribution in [3.63, 3.8) is 0 Å². The third-order valence-electron chi connectivity index (χ3n) is 2.10. The molecule has 0 aliphatic rings. The number of aromatic nitrogens is 1. The molecule has 0 unspecified atom stereocenters. The predicted molar refractivity (Wildman–Crippen MR) is 67.5 cm³/mol. The number of hydrogen-bond donors (Lipinski definition) is 0. The fraction of sp³-hybridized carbons (Fsp3) is 0.250. The Bertz CT molecular complexity index is 526. The zero-order chi connectivity index (χ0) is 11.7. The molecule has 2 rings (SSSR count). The fourth-order valence-electron chi connectivity index (χ4n) is 1.46. The maximum absolute atomic E-state index is 6.24. The van der Waals surface area contributed by atoms with Crippen LogP contribution in [0.4, 0.5) is 0 Å². The number of nitrogens with zero attached hydrogens (tertiary/aromatic N) is 1. The highest BCUT2D eigenvalue weighted by atomic mass is 35.5. The van der Waals surface area contributed by atoms with Gasteiger partial charge in [-0.25, -0.2) is 4.98 Å². The first-order valence-electron chi connectivity index (χ1n) is 5.00. The van der Waals surface area contributed by atoms with E-state index in [1.165, 1.54) is 0 Å². The van der Waals surface area contributed by atoms with Crippen molar-refractivity contribution >= 4 is 34.1 Å². The number of ether oxygens (including phenoxy) is 1. The quantitative estimate of drug-likeness (QED) is 0.746. The van der Waals surface area contributed by atoms with E-state index in [9.17, 15) is 0 Å². The van der Waals surface area contributed by atoms with Crippen molar-refractivity contribution in [1.82, 2.24) is 4.98 Å². The molecular weight excluding hydrogens is 245 g/mol. The molecule has 84 valence electrons. The summed E-state index contributed by atoms with van der Waals surface area (Å²) in [4.78, 5) is 4.25. The van der Waals surface area contributed by atoms with Gasteiger partial charge in [-0.2, -0.15) is 0 Å². The Morgan fingerprint density at radius 3 is 2.56 bits per heavy atom. The van der Waals surface area contributed by atoms with Crippen LogP contribution in [0.3, 0.4) is 0 Å². The Morgan fingerprint density at radius 2 is 1.88 bits per heavy atom. The average molecular weight is 256 g/mol. The van der Waals surface area contributed by atoms with E-state index in [4.69, 9.17) is 27.9 Å². The second-order valence-electron chi connectivity index (χ2n) is 3.73. The van der Waals surface area contributed by atoms with Crippen molar-refractivity contribution in [3.05, 3.63) is 34.4 Å². The third-order valence-corrected chi connectivity index (χ3v) is 2.73. The van der Waals surface area contributed by atoms with E-state index in [-0.39, 0.29) is 6.10 Å². The molecule has 0 saturated heterocycles. The van der Waals surface area contributed by atoms with Crippen molar-refractivity contribution in [2.45, 2.75) is 20.0 Å². The summed E-state index contributed by atoms with van der Waals surface area (Å²) in [5.41, 5.74) is 0.772. The van der Waals surface area contributed by atoms with Crippen molar-refractivity contribution in [2.24, 2.45) is 0 Å². The van der Waals surface area contributed by atoms with E-state index < -0.39 is 0 Å². The predicted octanol–water partition coefficient (Wildman–Crippen LogP) is 4.33. The Labute approximate surface area is 104 Å². The molecule has 0 N–H and O–H groups in total. The SMILES string of the molecule is CC(C)Oc1c(Cl)nc2ccccc2c1Cl.